The average Bonchev–Trinajstić information content (AvgIpc) is 2.38. The van der Waals surface area contributed by atoms with E-state index in [1.165, 1.54) is 23.1 Å². The summed E-state index contributed by atoms with van der Waals surface area (Å²) in [6.45, 7) is -0.501. The summed E-state index contributed by atoms with van der Waals surface area (Å²) >= 11 is 0. The molecule has 1 aromatic carbocycles. The fourth-order valence-electron chi connectivity index (χ4n) is 1.65. The molecule has 1 rings (SSSR count). The van der Waals surface area contributed by atoms with Gasteiger partial charge in [0.25, 0.3) is 0 Å². The molecule has 0 bridgehead atoms. The molecule has 0 saturated carbocycles. The Balaban J connectivity index is 3.28. The summed E-state index contributed by atoms with van der Waals surface area (Å²) in [6.07, 6.45) is 0. The van der Waals surface area contributed by atoms with Crippen molar-refractivity contribution in [2.45, 2.75) is 10.7 Å². The fraction of sp³-hybridized carbons (Fsp3) is 0.455. The summed E-state index contributed by atoms with van der Waals surface area (Å²) in [5, 5.41) is 17.8. The van der Waals surface area contributed by atoms with E-state index in [2.05, 4.69) is 0 Å². The average molecular weight is 295 g/mol. The van der Waals surface area contributed by atoms with E-state index in [-0.39, 0.29) is 32.0 Å². The van der Waals surface area contributed by atoms with Crippen LogP contribution >= 0.6 is 0 Å². The summed E-state index contributed by atoms with van der Waals surface area (Å²) in [5.41, 5.74) is 0.0471. The maximum Gasteiger partial charge on any atom is 0.341 e. The van der Waals surface area contributed by atoms with Crippen molar-refractivity contribution >= 4 is 15.5 Å². The number of sulfone groups is 1. The Labute approximate surface area is 110 Å². The molecule has 19 heavy (non-hydrogen) atoms. The van der Waals surface area contributed by atoms with Crippen LogP contribution in [0.1, 0.15) is 0 Å². The van der Waals surface area contributed by atoms with Gasteiger partial charge in [0.15, 0.2) is 0 Å². The summed E-state index contributed by atoms with van der Waals surface area (Å²) < 4.78 is 48.3. The minimum atomic E-state index is -4.73. The number of nitrogens with zero attached hydrogens (tertiary/aromatic N) is 1. The van der Waals surface area contributed by atoms with Crippen molar-refractivity contribution in [3.8, 4) is 0 Å². The maximum atomic E-state index is 12.6. The predicted molar refractivity (Wildman–Crippen MR) is 66.0 cm³/mol. The van der Waals surface area contributed by atoms with Gasteiger partial charge in [-0.15, -0.1) is 0 Å². The Morgan fingerprint density at radius 1 is 1.11 bits per heavy atom. The van der Waals surface area contributed by atoms with Crippen molar-refractivity contribution in [3.05, 3.63) is 24.3 Å². The molecule has 0 aliphatic heterocycles. The van der Waals surface area contributed by atoms with Crippen molar-refractivity contribution in [2.24, 2.45) is 0 Å². The zero-order valence-electron chi connectivity index (χ0n) is 10.0. The highest BCUT2D eigenvalue weighted by Gasteiger charge is 2.30. The number of rotatable bonds is 7. The van der Waals surface area contributed by atoms with Crippen molar-refractivity contribution in [1.29, 1.82) is 0 Å². The van der Waals surface area contributed by atoms with Gasteiger partial charge in [-0.2, -0.15) is 8.78 Å². The number of para-hydroxylation sites is 1. The van der Waals surface area contributed by atoms with Gasteiger partial charge >= 0.3 is 5.76 Å². The second kappa shape index (κ2) is 6.78. The summed E-state index contributed by atoms with van der Waals surface area (Å²) in [4.78, 5) is 0.835. The quantitative estimate of drug-likeness (QED) is 0.765. The monoisotopic (exact) mass is 295 g/mol. The van der Waals surface area contributed by atoms with Crippen LogP contribution in [0.5, 0.6) is 0 Å². The van der Waals surface area contributed by atoms with Crippen LogP contribution in [0.2, 0.25) is 0 Å². The molecule has 0 unspecified atom stereocenters. The SMILES string of the molecule is O=S(=O)(c1ccccc1N(CCO)CCO)C(F)F. The van der Waals surface area contributed by atoms with Crippen LogP contribution in [0.25, 0.3) is 0 Å². The van der Waals surface area contributed by atoms with Crippen LogP contribution in [-0.2, 0) is 9.84 Å². The van der Waals surface area contributed by atoms with E-state index in [4.69, 9.17) is 10.2 Å². The van der Waals surface area contributed by atoms with Crippen molar-refractivity contribution in [2.75, 3.05) is 31.2 Å². The number of halogens is 2. The zero-order chi connectivity index (χ0) is 14.5. The van der Waals surface area contributed by atoms with E-state index < -0.39 is 20.5 Å². The second-order valence-corrected chi connectivity index (χ2v) is 5.59. The molecular formula is C11H15F2NO4S. The summed E-state index contributed by atoms with van der Waals surface area (Å²) in [7, 11) is -4.73. The fourth-order valence-corrected chi connectivity index (χ4v) is 2.60. The Kier molecular flexibility index (Phi) is 5.64. The minimum absolute atomic E-state index is 0.0380. The van der Waals surface area contributed by atoms with E-state index in [9.17, 15) is 17.2 Å². The first kappa shape index (κ1) is 15.8. The minimum Gasteiger partial charge on any atom is -0.395 e. The Morgan fingerprint density at radius 3 is 2.11 bits per heavy atom. The molecule has 0 aromatic heterocycles. The molecule has 0 heterocycles. The molecule has 0 amide bonds. The number of anilines is 1. The van der Waals surface area contributed by atoms with Gasteiger partial charge in [0, 0.05) is 13.1 Å². The third-order valence-electron chi connectivity index (χ3n) is 2.49. The van der Waals surface area contributed by atoms with E-state index >= 15 is 0 Å². The van der Waals surface area contributed by atoms with Gasteiger partial charge in [-0.05, 0) is 12.1 Å². The number of hydrogen-bond acceptors (Lipinski definition) is 5. The highest BCUT2D eigenvalue weighted by Crippen LogP contribution is 2.28. The number of aliphatic hydroxyl groups is 2. The highest BCUT2D eigenvalue weighted by molar-refractivity contribution is 7.91. The highest BCUT2D eigenvalue weighted by atomic mass is 32.2. The van der Waals surface area contributed by atoms with Crippen molar-refractivity contribution < 1.29 is 27.4 Å². The molecule has 0 atom stereocenters. The van der Waals surface area contributed by atoms with Crippen LogP contribution in [-0.4, -0.2) is 50.7 Å². The summed E-state index contributed by atoms with van der Waals surface area (Å²) in [5.74, 6) is -3.52. The maximum absolute atomic E-state index is 12.6. The standard InChI is InChI=1S/C11H15F2NO4S/c12-11(13)19(17,18)10-4-2-1-3-9(10)14(5-7-15)6-8-16/h1-4,11,15-16H,5-8H2. The van der Waals surface area contributed by atoms with E-state index in [1.54, 1.807) is 0 Å². The lowest BCUT2D eigenvalue weighted by Gasteiger charge is -2.25. The van der Waals surface area contributed by atoms with Crippen LogP contribution in [0.3, 0.4) is 0 Å². The third kappa shape index (κ3) is 3.62. The van der Waals surface area contributed by atoms with Crippen LogP contribution < -0.4 is 4.90 Å². The largest absolute Gasteiger partial charge is 0.395 e. The van der Waals surface area contributed by atoms with Crippen LogP contribution in [0.4, 0.5) is 14.5 Å². The first-order valence-electron chi connectivity index (χ1n) is 5.53. The summed E-state index contributed by atoms with van der Waals surface area (Å²) in [6, 6.07) is 5.29. The number of hydrogen-bond donors (Lipinski definition) is 2. The molecular weight excluding hydrogens is 280 g/mol. The number of aliphatic hydroxyl groups excluding tert-OH is 2. The normalized spacial score (nSPS) is 11.8. The Bertz CT molecular complexity index is 501. The number of benzene rings is 1. The lowest BCUT2D eigenvalue weighted by molar-refractivity contribution is 0.234. The second-order valence-electron chi connectivity index (χ2n) is 3.71. The molecule has 0 aliphatic rings. The van der Waals surface area contributed by atoms with Gasteiger partial charge in [0.1, 0.15) is 0 Å². The third-order valence-corrected chi connectivity index (χ3v) is 3.91. The van der Waals surface area contributed by atoms with E-state index in [0.717, 1.165) is 6.07 Å². The molecule has 8 heteroatoms. The van der Waals surface area contributed by atoms with Crippen molar-refractivity contribution in [3.63, 3.8) is 0 Å². The molecule has 0 spiro atoms. The molecule has 0 fully saturated rings. The lowest BCUT2D eigenvalue weighted by atomic mass is 10.3. The molecule has 1 aromatic rings. The van der Waals surface area contributed by atoms with Gasteiger partial charge in [0.2, 0.25) is 9.84 Å². The van der Waals surface area contributed by atoms with E-state index in [0.29, 0.717) is 0 Å². The van der Waals surface area contributed by atoms with Gasteiger partial charge in [-0.25, -0.2) is 8.42 Å². The lowest BCUT2D eigenvalue weighted by Crippen LogP contribution is -2.31. The molecule has 0 aliphatic carbocycles. The molecule has 0 radical (unpaired) electrons. The topological polar surface area (TPSA) is 77.8 Å². The Hall–Kier alpha value is -1.25. The van der Waals surface area contributed by atoms with Crippen LogP contribution in [0, 0.1) is 0 Å². The van der Waals surface area contributed by atoms with Gasteiger partial charge < -0.3 is 15.1 Å². The predicted octanol–water partition coefficient (Wildman–Crippen LogP) is 0.474. The molecule has 0 saturated heterocycles. The first-order chi connectivity index (χ1) is 8.95. The zero-order valence-corrected chi connectivity index (χ0v) is 10.9. The first-order valence-corrected chi connectivity index (χ1v) is 7.07. The Morgan fingerprint density at radius 2 is 1.63 bits per heavy atom. The van der Waals surface area contributed by atoms with Gasteiger partial charge in [0.05, 0.1) is 23.8 Å². The van der Waals surface area contributed by atoms with Crippen molar-refractivity contribution in [1.82, 2.24) is 0 Å². The molecule has 2 N–H and O–H groups in total. The molecule has 5 nitrogen and oxygen atoms in total. The van der Waals surface area contributed by atoms with Gasteiger partial charge in [-0.3, -0.25) is 0 Å². The van der Waals surface area contributed by atoms with Crippen LogP contribution in [0.15, 0.2) is 29.2 Å². The van der Waals surface area contributed by atoms with Gasteiger partial charge in [-0.1, -0.05) is 12.1 Å². The van der Waals surface area contributed by atoms with E-state index in [1.807, 2.05) is 0 Å². The number of alkyl halides is 2. The smallest absolute Gasteiger partial charge is 0.341 e. The molecule has 108 valence electrons.